The zero-order valence-electron chi connectivity index (χ0n) is 11.5. The Morgan fingerprint density at radius 2 is 2.33 bits per heavy atom. The van der Waals surface area contributed by atoms with Crippen LogP contribution in [0.5, 0.6) is 5.75 Å². The molecule has 0 fully saturated rings. The number of carboxylic acid groups (broad SMARTS) is 1. The Morgan fingerprint density at radius 3 is 3.00 bits per heavy atom. The van der Waals surface area contributed by atoms with Crippen LogP contribution in [-0.4, -0.2) is 20.9 Å². The van der Waals surface area contributed by atoms with E-state index in [-0.39, 0.29) is 0 Å². The molecule has 2 aromatic rings. The fourth-order valence-electron chi connectivity index (χ4n) is 1.78. The van der Waals surface area contributed by atoms with E-state index in [0.717, 1.165) is 18.2 Å². The van der Waals surface area contributed by atoms with E-state index in [1.807, 2.05) is 13.1 Å². The highest BCUT2D eigenvalue weighted by Gasteiger charge is 2.08. The molecule has 5 nitrogen and oxygen atoms in total. The van der Waals surface area contributed by atoms with Crippen molar-refractivity contribution in [3.05, 3.63) is 52.8 Å². The Morgan fingerprint density at radius 1 is 1.52 bits per heavy atom. The van der Waals surface area contributed by atoms with Gasteiger partial charge in [-0.15, -0.1) is 0 Å². The first-order chi connectivity index (χ1) is 10.1. The Bertz CT molecular complexity index is 665. The van der Waals surface area contributed by atoms with Crippen molar-refractivity contribution in [2.75, 3.05) is 0 Å². The summed E-state index contributed by atoms with van der Waals surface area (Å²) in [7, 11) is 0. The number of aromatic nitrogens is 2. The molecule has 0 spiro atoms. The number of aryl methyl sites for hydroxylation is 1. The molecule has 21 heavy (non-hydrogen) atoms. The molecule has 1 aromatic heterocycles. The van der Waals surface area contributed by atoms with Crippen LogP contribution in [0, 0.1) is 0 Å². The summed E-state index contributed by atoms with van der Waals surface area (Å²) in [5.41, 5.74) is 1.54. The average molecular weight is 307 g/mol. The molecule has 0 bridgehead atoms. The lowest BCUT2D eigenvalue weighted by Gasteiger charge is -2.10. The van der Waals surface area contributed by atoms with Gasteiger partial charge in [0.15, 0.2) is 0 Å². The molecule has 2 rings (SSSR count). The van der Waals surface area contributed by atoms with Gasteiger partial charge in [-0.3, -0.25) is 4.68 Å². The van der Waals surface area contributed by atoms with Crippen molar-refractivity contribution in [1.29, 1.82) is 0 Å². The van der Waals surface area contributed by atoms with Gasteiger partial charge in [-0.1, -0.05) is 23.7 Å². The lowest BCUT2D eigenvalue weighted by Crippen LogP contribution is -1.98. The van der Waals surface area contributed by atoms with Crippen LogP contribution < -0.4 is 4.74 Å². The SMILES string of the molecule is CCn1cc(COc2c(Cl)cccc2/C=C/C(=O)O)cn1. The summed E-state index contributed by atoms with van der Waals surface area (Å²) in [6.45, 7) is 3.11. The van der Waals surface area contributed by atoms with Gasteiger partial charge in [0.1, 0.15) is 12.4 Å². The quantitative estimate of drug-likeness (QED) is 0.832. The summed E-state index contributed by atoms with van der Waals surface area (Å²) >= 11 is 6.12. The second-order valence-electron chi connectivity index (χ2n) is 4.32. The number of rotatable bonds is 6. The molecule has 0 aliphatic carbocycles. The first-order valence-corrected chi connectivity index (χ1v) is 6.81. The predicted molar refractivity (Wildman–Crippen MR) is 80.4 cm³/mol. The van der Waals surface area contributed by atoms with Crippen molar-refractivity contribution in [3.8, 4) is 5.75 Å². The van der Waals surface area contributed by atoms with Crippen molar-refractivity contribution in [1.82, 2.24) is 9.78 Å². The number of carboxylic acids is 1. The third kappa shape index (κ3) is 4.10. The van der Waals surface area contributed by atoms with Gasteiger partial charge >= 0.3 is 5.97 Å². The van der Waals surface area contributed by atoms with Gasteiger partial charge in [-0.05, 0) is 19.1 Å². The summed E-state index contributed by atoms with van der Waals surface area (Å²) < 4.78 is 7.52. The van der Waals surface area contributed by atoms with Gasteiger partial charge in [0.2, 0.25) is 0 Å². The molecule has 0 atom stereocenters. The standard InChI is InChI=1S/C15H15ClN2O3/c1-2-18-9-11(8-17-18)10-21-15-12(6-7-14(19)20)4-3-5-13(15)16/h3-9H,2,10H2,1H3,(H,19,20)/b7-6+. The maximum absolute atomic E-state index is 10.6. The van der Waals surface area contributed by atoms with Crippen LogP contribution in [-0.2, 0) is 17.9 Å². The highest BCUT2D eigenvalue weighted by Crippen LogP contribution is 2.30. The molecule has 110 valence electrons. The average Bonchev–Trinajstić information content (AvgIpc) is 2.92. The number of nitrogens with zero attached hydrogens (tertiary/aromatic N) is 2. The van der Waals surface area contributed by atoms with Gasteiger partial charge in [0.05, 0.1) is 11.2 Å². The van der Waals surface area contributed by atoms with Crippen LogP contribution in [0.1, 0.15) is 18.1 Å². The molecule has 1 aromatic carbocycles. The maximum Gasteiger partial charge on any atom is 0.328 e. The van der Waals surface area contributed by atoms with Gasteiger partial charge in [0.25, 0.3) is 0 Å². The van der Waals surface area contributed by atoms with Crippen molar-refractivity contribution < 1.29 is 14.6 Å². The number of aliphatic carboxylic acids is 1. The van der Waals surface area contributed by atoms with Crippen molar-refractivity contribution in [3.63, 3.8) is 0 Å². The molecule has 0 unspecified atom stereocenters. The lowest BCUT2D eigenvalue weighted by molar-refractivity contribution is -0.131. The molecule has 0 aliphatic heterocycles. The minimum atomic E-state index is -1.02. The fraction of sp³-hybridized carbons (Fsp3) is 0.200. The molecule has 0 aliphatic rings. The molecule has 0 radical (unpaired) electrons. The molecular weight excluding hydrogens is 292 g/mol. The van der Waals surface area contributed by atoms with E-state index in [1.54, 1.807) is 29.1 Å². The van der Waals surface area contributed by atoms with E-state index < -0.39 is 5.97 Å². The van der Waals surface area contributed by atoms with E-state index >= 15 is 0 Å². The summed E-state index contributed by atoms with van der Waals surface area (Å²) in [4.78, 5) is 10.6. The zero-order valence-corrected chi connectivity index (χ0v) is 12.2. The van der Waals surface area contributed by atoms with E-state index in [1.165, 1.54) is 6.08 Å². The monoisotopic (exact) mass is 306 g/mol. The fourth-order valence-corrected chi connectivity index (χ4v) is 2.02. The van der Waals surface area contributed by atoms with E-state index in [2.05, 4.69) is 5.10 Å². The Kier molecular flexibility index (Phi) is 5.00. The molecular formula is C15H15ClN2O3. The Balaban J connectivity index is 2.16. The Hall–Kier alpha value is -2.27. The third-order valence-corrected chi connectivity index (χ3v) is 3.09. The summed E-state index contributed by atoms with van der Waals surface area (Å²) in [6.07, 6.45) is 6.13. The Labute approximate surface area is 127 Å². The minimum absolute atomic E-state index is 0.317. The highest BCUT2D eigenvalue weighted by atomic mass is 35.5. The number of benzene rings is 1. The molecule has 0 amide bonds. The van der Waals surface area contributed by atoms with Crippen LogP contribution in [0.3, 0.4) is 0 Å². The minimum Gasteiger partial charge on any atom is -0.487 e. The molecule has 0 saturated carbocycles. The normalized spacial score (nSPS) is 11.0. The second-order valence-corrected chi connectivity index (χ2v) is 4.73. The zero-order chi connectivity index (χ0) is 15.2. The van der Waals surface area contributed by atoms with Gasteiger partial charge < -0.3 is 9.84 Å². The first-order valence-electron chi connectivity index (χ1n) is 6.43. The predicted octanol–water partition coefficient (Wildman–Crippen LogP) is 3.23. The van der Waals surface area contributed by atoms with E-state index in [4.69, 9.17) is 21.4 Å². The summed E-state index contributed by atoms with van der Waals surface area (Å²) in [5, 5.41) is 13.3. The van der Waals surface area contributed by atoms with Crippen molar-refractivity contribution in [2.45, 2.75) is 20.1 Å². The smallest absolute Gasteiger partial charge is 0.328 e. The number of ether oxygens (including phenoxy) is 1. The lowest BCUT2D eigenvalue weighted by atomic mass is 10.2. The number of hydrogen-bond acceptors (Lipinski definition) is 3. The molecule has 1 heterocycles. The van der Waals surface area contributed by atoms with Crippen LogP contribution in [0.25, 0.3) is 6.08 Å². The maximum atomic E-state index is 10.6. The van der Waals surface area contributed by atoms with E-state index in [0.29, 0.717) is 22.9 Å². The molecule has 0 saturated heterocycles. The van der Waals surface area contributed by atoms with Crippen LogP contribution >= 0.6 is 11.6 Å². The first kappa shape index (κ1) is 15.1. The number of halogens is 1. The molecule has 1 N–H and O–H groups in total. The molecule has 6 heteroatoms. The summed E-state index contributed by atoms with van der Waals surface area (Å²) in [5.74, 6) is -0.564. The van der Waals surface area contributed by atoms with Crippen molar-refractivity contribution in [2.24, 2.45) is 0 Å². The number of carbonyl (C=O) groups is 1. The van der Waals surface area contributed by atoms with Crippen LogP contribution in [0.4, 0.5) is 0 Å². The number of hydrogen-bond donors (Lipinski definition) is 1. The van der Waals surface area contributed by atoms with E-state index in [9.17, 15) is 4.79 Å². The number of para-hydroxylation sites is 1. The second kappa shape index (κ2) is 6.95. The van der Waals surface area contributed by atoms with Crippen LogP contribution in [0.2, 0.25) is 5.02 Å². The van der Waals surface area contributed by atoms with Gasteiger partial charge in [-0.25, -0.2) is 4.79 Å². The highest BCUT2D eigenvalue weighted by molar-refractivity contribution is 6.32. The topological polar surface area (TPSA) is 64.3 Å². The summed E-state index contributed by atoms with van der Waals surface area (Å²) in [6, 6.07) is 5.19. The van der Waals surface area contributed by atoms with Crippen molar-refractivity contribution >= 4 is 23.6 Å². The van der Waals surface area contributed by atoms with Crippen LogP contribution in [0.15, 0.2) is 36.7 Å². The van der Waals surface area contributed by atoms with Gasteiger partial charge in [0, 0.05) is 29.9 Å². The largest absolute Gasteiger partial charge is 0.487 e. The third-order valence-electron chi connectivity index (χ3n) is 2.80. The van der Waals surface area contributed by atoms with Gasteiger partial charge in [-0.2, -0.15) is 5.10 Å².